The summed E-state index contributed by atoms with van der Waals surface area (Å²) in [4.78, 5) is 4.23. The first-order valence-electron chi connectivity index (χ1n) is 10.1. The molecule has 0 spiro atoms. The molecule has 0 aliphatic carbocycles. The predicted molar refractivity (Wildman–Crippen MR) is 116 cm³/mol. The molecule has 1 heterocycles. The van der Waals surface area contributed by atoms with Crippen LogP contribution in [0.15, 0.2) is 29.3 Å². The van der Waals surface area contributed by atoms with Crippen molar-refractivity contribution in [2.45, 2.75) is 50.2 Å². The van der Waals surface area contributed by atoms with Crippen molar-refractivity contribution in [3.05, 3.63) is 35.4 Å². The molecule has 1 fully saturated rings. The molecule has 6 nitrogen and oxygen atoms in total. The van der Waals surface area contributed by atoms with E-state index in [1.807, 2.05) is 0 Å². The maximum absolute atomic E-state index is 12.3. The smallest absolute Gasteiger partial charge is 0.191 e. The summed E-state index contributed by atoms with van der Waals surface area (Å²) in [6, 6.07) is 8.80. The molecule has 1 aliphatic heterocycles. The van der Waals surface area contributed by atoms with E-state index in [2.05, 4.69) is 53.7 Å². The summed E-state index contributed by atoms with van der Waals surface area (Å²) in [6.45, 7) is 6.50. The van der Waals surface area contributed by atoms with E-state index in [1.165, 1.54) is 17.4 Å². The van der Waals surface area contributed by atoms with Crippen LogP contribution in [0.5, 0.6) is 0 Å². The molecule has 0 unspecified atom stereocenters. The molecule has 0 saturated carbocycles. The summed E-state index contributed by atoms with van der Waals surface area (Å²) in [7, 11) is -1.48. The lowest BCUT2D eigenvalue weighted by Crippen LogP contribution is -2.53. The van der Waals surface area contributed by atoms with Crippen molar-refractivity contribution in [1.82, 2.24) is 10.6 Å². The van der Waals surface area contributed by atoms with E-state index >= 15 is 0 Å². The van der Waals surface area contributed by atoms with E-state index in [0.29, 0.717) is 44.5 Å². The zero-order valence-corrected chi connectivity index (χ0v) is 18.4. The van der Waals surface area contributed by atoms with Crippen LogP contribution in [-0.4, -0.2) is 58.7 Å². The van der Waals surface area contributed by atoms with E-state index in [-0.39, 0.29) is 0 Å². The van der Waals surface area contributed by atoms with Crippen LogP contribution >= 0.6 is 0 Å². The van der Waals surface area contributed by atoms with E-state index < -0.39 is 14.6 Å². The lowest BCUT2D eigenvalue weighted by Gasteiger charge is -2.35. The number of benzene rings is 1. The van der Waals surface area contributed by atoms with Crippen molar-refractivity contribution in [2.24, 2.45) is 4.99 Å². The summed E-state index contributed by atoms with van der Waals surface area (Å²) >= 11 is 0. The van der Waals surface area contributed by atoms with E-state index in [4.69, 9.17) is 4.74 Å². The highest BCUT2D eigenvalue weighted by Crippen LogP contribution is 2.28. The first-order chi connectivity index (χ1) is 13.3. The van der Waals surface area contributed by atoms with Gasteiger partial charge in [0.1, 0.15) is 0 Å². The first kappa shape index (κ1) is 22.7. The number of ether oxygens (including phenoxy) is 1. The number of aliphatic imine (C=N–C) groups is 1. The number of sulfone groups is 1. The zero-order chi connectivity index (χ0) is 20.6. The summed E-state index contributed by atoms with van der Waals surface area (Å²) in [6.07, 6.45) is 4.32. The number of nitrogens with zero attached hydrogens (tertiary/aromatic N) is 1. The predicted octanol–water partition coefficient (Wildman–Crippen LogP) is 2.50. The van der Waals surface area contributed by atoms with E-state index in [0.717, 1.165) is 19.4 Å². The molecule has 0 aromatic heterocycles. The van der Waals surface area contributed by atoms with Crippen LogP contribution in [0.1, 0.15) is 50.2 Å². The van der Waals surface area contributed by atoms with Gasteiger partial charge in [-0.15, -0.1) is 0 Å². The fraction of sp³-hybridized carbons (Fsp3) is 0.667. The number of hydrogen-bond donors (Lipinski definition) is 2. The Morgan fingerprint density at radius 2 is 1.82 bits per heavy atom. The molecule has 0 amide bonds. The Morgan fingerprint density at radius 1 is 1.18 bits per heavy atom. The van der Waals surface area contributed by atoms with Gasteiger partial charge in [0.15, 0.2) is 15.8 Å². The van der Waals surface area contributed by atoms with Gasteiger partial charge in [-0.3, -0.25) is 4.99 Å². The Labute approximate surface area is 170 Å². The summed E-state index contributed by atoms with van der Waals surface area (Å²) in [5.41, 5.74) is 2.69. The maximum atomic E-state index is 12.3. The second-order valence-electron chi connectivity index (χ2n) is 7.92. The highest BCUT2D eigenvalue weighted by molar-refractivity contribution is 7.92. The van der Waals surface area contributed by atoms with Crippen LogP contribution in [0.25, 0.3) is 0 Å². The van der Waals surface area contributed by atoms with Crippen LogP contribution in [0.3, 0.4) is 0 Å². The van der Waals surface area contributed by atoms with Gasteiger partial charge >= 0.3 is 0 Å². The van der Waals surface area contributed by atoms with Gasteiger partial charge in [-0.2, -0.15) is 0 Å². The third-order valence-electron chi connectivity index (χ3n) is 5.57. The SMILES string of the molecule is CN=C(NCCCc1ccc(C(C)C)cc1)NCC1(S(C)(=O)=O)CCOCC1. The quantitative estimate of drug-likeness (QED) is 0.392. The summed E-state index contributed by atoms with van der Waals surface area (Å²) in [5, 5.41) is 6.50. The average molecular weight is 410 g/mol. The van der Waals surface area contributed by atoms with Crippen LogP contribution in [0, 0.1) is 0 Å². The second-order valence-corrected chi connectivity index (χ2v) is 10.3. The Kier molecular flexibility index (Phi) is 8.31. The Hall–Kier alpha value is -1.60. The van der Waals surface area contributed by atoms with E-state index in [1.54, 1.807) is 7.05 Å². The van der Waals surface area contributed by atoms with Gasteiger partial charge in [0.2, 0.25) is 0 Å². The molecule has 0 bridgehead atoms. The van der Waals surface area contributed by atoms with Gasteiger partial charge in [-0.25, -0.2) is 8.42 Å². The minimum absolute atomic E-state index is 0.353. The van der Waals surface area contributed by atoms with Gasteiger partial charge in [-0.05, 0) is 42.7 Å². The maximum Gasteiger partial charge on any atom is 0.191 e. The minimum atomic E-state index is -3.19. The first-order valence-corrected chi connectivity index (χ1v) is 12.0. The van der Waals surface area contributed by atoms with Gasteiger partial charge in [0.05, 0.1) is 4.75 Å². The second kappa shape index (κ2) is 10.3. The fourth-order valence-electron chi connectivity index (χ4n) is 3.46. The van der Waals surface area contributed by atoms with Crippen molar-refractivity contribution in [2.75, 3.05) is 39.6 Å². The molecule has 28 heavy (non-hydrogen) atoms. The number of hydrogen-bond acceptors (Lipinski definition) is 4. The Balaban J connectivity index is 1.79. The molecule has 0 atom stereocenters. The zero-order valence-electron chi connectivity index (χ0n) is 17.6. The monoisotopic (exact) mass is 409 g/mol. The van der Waals surface area contributed by atoms with Crippen molar-refractivity contribution in [3.63, 3.8) is 0 Å². The third-order valence-corrected chi connectivity index (χ3v) is 7.70. The average Bonchev–Trinajstić information content (AvgIpc) is 2.67. The van der Waals surface area contributed by atoms with Gasteiger partial charge in [0.25, 0.3) is 0 Å². The van der Waals surface area contributed by atoms with Crippen molar-refractivity contribution >= 4 is 15.8 Å². The highest BCUT2D eigenvalue weighted by Gasteiger charge is 2.42. The Bertz CT molecular complexity index is 737. The largest absolute Gasteiger partial charge is 0.381 e. The number of guanidine groups is 1. The van der Waals surface area contributed by atoms with Crippen LogP contribution in [0.4, 0.5) is 0 Å². The molecule has 1 saturated heterocycles. The number of nitrogens with one attached hydrogen (secondary N) is 2. The fourth-order valence-corrected chi connectivity index (χ4v) is 4.70. The molecule has 1 aromatic rings. The van der Waals surface area contributed by atoms with Crippen molar-refractivity contribution in [3.8, 4) is 0 Å². The molecular weight excluding hydrogens is 374 g/mol. The minimum Gasteiger partial charge on any atom is -0.381 e. The van der Waals surface area contributed by atoms with Gasteiger partial charge in [-0.1, -0.05) is 38.1 Å². The molecule has 0 radical (unpaired) electrons. The molecule has 1 aliphatic rings. The molecule has 7 heteroatoms. The summed E-state index contributed by atoms with van der Waals surface area (Å²) in [5.74, 6) is 1.20. The van der Waals surface area contributed by atoms with Gasteiger partial charge in [0, 0.05) is 39.6 Å². The molecule has 1 aromatic carbocycles. The lowest BCUT2D eigenvalue weighted by atomic mass is 9.99. The molecular formula is C21H35N3O3S. The molecule has 158 valence electrons. The van der Waals surface area contributed by atoms with E-state index in [9.17, 15) is 8.42 Å². The van der Waals surface area contributed by atoms with Crippen LogP contribution in [0.2, 0.25) is 0 Å². The number of aryl methyl sites for hydroxylation is 1. The van der Waals surface area contributed by atoms with Crippen LogP contribution < -0.4 is 10.6 Å². The summed E-state index contributed by atoms with van der Waals surface area (Å²) < 4.78 is 29.3. The number of rotatable bonds is 8. The normalized spacial score (nSPS) is 17.5. The topological polar surface area (TPSA) is 79.8 Å². The Morgan fingerprint density at radius 3 is 2.36 bits per heavy atom. The van der Waals surface area contributed by atoms with Crippen LogP contribution in [-0.2, 0) is 21.0 Å². The lowest BCUT2D eigenvalue weighted by molar-refractivity contribution is 0.0756. The van der Waals surface area contributed by atoms with Crippen molar-refractivity contribution < 1.29 is 13.2 Å². The van der Waals surface area contributed by atoms with Crippen molar-refractivity contribution in [1.29, 1.82) is 0 Å². The third kappa shape index (κ3) is 6.21. The van der Waals surface area contributed by atoms with Gasteiger partial charge < -0.3 is 15.4 Å². The standard InChI is InChI=1S/C21H35N3O3S/c1-17(2)19-9-7-18(8-10-19)6-5-13-23-20(22-3)24-16-21(28(4,25)26)11-14-27-15-12-21/h7-10,17H,5-6,11-16H2,1-4H3,(H2,22,23,24). The molecule has 2 N–H and O–H groups in total. The molecule has 2 rings (SSSR count). The highest BCUT2D eigenvalue weighted by atomic mass is 32.2.